The molecule has 0 bridgehead atoms. The zero-order valence-corrected chi connectivity index (χ0v) is 24.3. The van der Waals surface area contributed by atoms with E-state index in [1.165, 1.54) is 0 Å². The number of carbonyl (C=O) groups excluding carboxylic acids is 1. The van der Waals surface area contributed by atoms with Crippen molar-refractivity contribution in [2.45, 2.75) is 64.5 Å². The van der Waals surface area contributed by atoms with Crippen LogP contribution in [0.2, 0.25) is 0 Å². The molecule has 9 heteroatoms. The Morgan fingerprint density at radius 2 is 1.71 bits per heavy atom. The summed E-state index contributed by atoms with van der Waals surface area (Å²) in [5.41, 5.74) is 5.92. The van der Waals surface area contributed by atoms with Gasteiger partial charge in [0, 0.05) is 55.5 Å². The van der Waals surface area contributed by atoms with Gasteiger partial charge in [0.15, 0.2) is 0 Å². The van der Waals surface area contributed by atoms with E-state index in [4.69, 9.17) is 4.74 Å². The highest BCUT2D eigenvalue weighted by Gasteiger charge is 2.29. The number of aromatic nitrogens is 6. The number of nitrogens with zero attached hydrogens (tertiary/aromatic N) is 6. The first-order valence-corrected chi connectivity index (χ1v) is 14.2. The molecule has 1 saturated carbocycles. The summed E-state index contributed by atoms with van der Waals surface area (Å²) in [5, 5.41) is 5.19. The maximum absolute atomic E-state index is 13.6. The number of carbonyl (C=O) groups is 1. The Morgan fingerprint density at radius 3 is 2.37 bits per heavy atom. The van der Waals surface area contributed by atoms with Crippen LogP contribution in [0.4, 0.5) is 0 Å². The van der Waals surface area contributed by atoms with Gasteiger partial charge in [0.2, 0.25) is 0 Å². The van der Waals surface area contributed by atoms with Crippen LogP contribution < -0.4 is 5.69 Å². The van der Waals surface area contributed by atoms with Gasteiger partial charge < -0.3 is 4.74 Å². The van der Waals surface area contributed by atoms with Crippen LogP contribution in [0.3, 0.4) is 0 Å². The highest BCUT2D eigenvalue weighted by Crippen LogP contribution is 2.37. The van der Waals surface area contributed by atoms with Gasteiger partial charge in [-0.2, -0.15) is 5.10 Å². The van der Waals surface area contributed by atoms with Crippen molar-refractivity contribution in [3.8, 4) is 22.4 Å². The lowest BCUT2D eigenvalue weighted by Gasteiger charge is -2.30. The molecule has 4 aromatic heterocycles. The Bertz CT molecular complexity index is 1800. The van der Waals surface area contributed by atoms with Crippen molar-refractivity contribution < 1.29 is 9.53 Å². The second-order valence-electron chi connectivity index (χ2n) is 12.2. The number of aryl methyl sites for hydroxylation is 2. The van der Waals surface area contributed by atoms with Gasteiger partial charge in [-0.15, -0.1) is 0 Å². The summed E-state index contributed by atoms with van der Waals surface area (Å²) < 4.78 is 11.0. The number of pyridine rings is 2. The molecular formula is C32H36N6O3. The Hall–Kier alpha value is -4.27. The smallest absolute Gasteiger partial charge is 0.329 e. The summed E-state index contributed by atoms with van der Waals surface area (Å²) in [6.45, 7) is 5.69. The zero-order chi connectivity index (χ0) is 28.9. The third-order valence-corrected chi connectivity index (χ3v) is 8.07. The van der Waals surface area contributed by atoms with Crippen LogP contribution in [-0.4, -0.2) is 40.5 Å². The highest BCUT2D eigenvalue weighted by molar-refractivity contribution is 6.04. The normalized spacial score (nSPS) is 17.8. The summed E-state index contributed by atoms with van der Waals surface area (Å²) in [6, 6.07) is 10.3. The van der Waals surface area contributed by atoms with Crippen LogP contribution in [-0.2, 0) is 23.6 Å². The number of hydrogen-bond donors (Lipinski definition) is 0. The van der Waals surface area contributed by atoms with E-state index < -0.39 is 5.60 Å². The third-order valence-electron chi connectivity index (χ3n) is 8.07. The molecule has 0 spiro atoms. The molecule has 1 aromatic carbocycles. The van der Waals surface area contributed by atoms with E-state index in [1.54, 1.807) is 21.6 Å². The average Bonchev–Trinajstić information content (AvgIpc) is 3.48. The summed E-state index contributed by atoms with van der Waals surface area (Å²) in [4.78, 5) is 35.3. The largest absolute Gasteiger partial charge is 0.460 e. The van der Waals surface area contributed by atoms with Crippen molar-refractivity contribution in [1.29, 1.82) is 0 Å². The molecule has 1 aliphatic rings. The lowest BCUT2D eigenvalue weighted by atomic mass is 9.84. The van der Waals surface area contributed by atoms with E-state index in [0.717, 1.165) is 70.0 Å². The molecule has 41 heavy (non-hydrogen) atoms. The van der Waals surface area contributed by atoms with Crippen molar-refractivity contribution in [3.05, 3.63) is 65.6 Å². The Kier molecular flexibility index (Phi) is 6.76. The van der Waals surface area contributed by atoms with Crippen molar-refractivity contribution >= 4 is 27.9 Å². The van der Waals surface area contributed by atoms with Gasteiger partial charge in [0.05, 0.1) is 34.6 Å². The van der Waals surface area contributed by atoms with Crippen molar-refractivity contribution in [3.63, 3.8) is 0 Å². The van der Waals surface area contributed by atoms with Crippen LogP contribution in [0.1, 0.15) is 58.9 Å². The first-order valence-electron chi connectivity index (χ1n) is 14.2. The molecule has 0 saturated heterocycles. The maximum Gasteiger partial charge on any atom is 0.329 e. The molecular weight excluding hydrogens is 516 g/mol. The van der Waals surface area contributed by atoms with Crippen LogP contribution in [0.25, 0.3) is 44.3 Å². The summed E-state index contributed by atoms with van der Waals surface area (Å²) in [5.74, 6) is 0.134. The third kappa shape index (κ3) is 5.28. The number of benzene rings is 1. The molecule has 4 heterocycles. The van der Waals surface area contributed by atoms with E-state index in [0.29, 0.717) is 6.42 Å². The van der Waals surface area contributed by atoms with Crippen molar-refractivity contribution in [2.24, 2.45) is 20.0 Å². The topological polar surface area (TPSA) is 96.8 Å². The van der Waals surface area contributed by atoms with E-state index in [9.17, 15) is 9.59 Å². The minimum Gasteiger partial charge on any atom is -0.460 e. The number of hydrogen-bond acceptors (Lipinski definition) is 6. The molecule has 0 atom stereocenters. The maximum atomic E-state index is 13.6. The van der Waals surface area contributed by atoms with E-state index in [2.05, 4.69) is 33.3 Å². The van der Waals surface area contributed by atoms with Gasteiger partial charge >= 0.3 is 11.7 Å². The number of ether oxygens (including phenoxy) is 1. The molecule has 1 aliphatic carbocycles. The fourth-order valence-electron chi connectivity index (χ4n) is 6.06. The molecule has 0 unspecified atom stereocenters. The van der Waals surface area contributed by atoms with Gasteiger partial charge in [-0.1, -0.05) is 12.1 Å². The average molecular weight is 553 g/mol. The van der Waals surface area contributed by atoms with E-state index in [1.807, 2.05) is 64.0 Å². The fourth-order valence-corrected chi connectivity index (χ4v) is 6.06. The molecule has 0 N–H and O–H groups in total. The Balaban J connectivity index is 1.32. The molecule has 0 amide bonds. The second-order valence-corrected chi connectivity index (χ2v) is 12.2. The first kappa shape index (κ1) is 26.9. The van der Waals surface area contributed by atoms with E-state index in [-0.39, 0.29) is 23.6 Å². The van der Waals surface area contributed by atoms with Gasteiger partial charge in [0.25, 0.3) is 0 Å². The predicted octanol–water partition coefficient (Wildman–Crippen LogP) is 5.81. The number of imidazole rings is 1. The van der Waals surface area contributed by atoms with Gasteiger partial charge in [-0.25, -0.2) is 4.79 Å². The zero-order valence-electron chi connectivity index (χ0n) is 24.3. The van der Waals surface area contributed by atoms with Crippen LogP contribution >= 0.6 is 0 Å². The standard InChI is InChI=1S/C32H36N6O3/c1-32(2,3)41-29(39)14-20-6-10-24(11-7-20)38-30-25-15-21(8-13-27(25)34-18-28(30)37(5)31(38)40)22-9-12-26(33-16-22)23-17-35-36(4)19-23/h8-9,12-13,15-20,24H,6-7,10-11,14H2,1-5H3. The quantitative estimate of drug-likeness (QED) is 0.255. The first-order chi connectivity index (χ1) is 19.6. The summed E-state index contributed by atoms with van der Waals surface area (Å²) >= 11 is 0. The second kappa shape index (κ2) is 10.3. The monoisotopic (exact) mass is 552 g/mol. The van der Waals surface area contributed by atoms with Gasteiger partial charge in [-0.05, 0) is 76.1 Å². The molecule has 0 aliphatic heterocycles. The molecule has 0 radical (unpaired) electrons. The number of esters is 1. The minimum atomic E-state index is -0.476. The van der Waals surface area contributed by atoms with Crippen LogP contribution in [0.15, 0.2) is 59.9 Å². The molecule has 5 aromatic rings. The molecule has 9 nitrogen and oxygen atoms in total. The van der Waals surface area contributed by atoms with Gasteiger partial charge in [-0.3, -0.25) is 28.6 Å². The van der Waals surface area contributed by atoms with Crippen LogP contribution in [0, 0.1) is 5.92 Å². The molecule has 1 fully saturated rings. The Morgan fingerprint density at radius 1 is 0.951 bits per heavy atom. The summed E-state index contributed by atoms with van der Waals surface area (Å²) in [7, 11) is 3.70. The van der Waals surface area contributed by atoms with Crippen molar-refractivity contribution in [1.82, 2.24) is 28.9 Å². The van der Waals surface area contributed by atoms with Crippen molar-refractivity contribution in [2.75, 3.05) is 0 Å². The van der Waals surface area contributed by atoms with Gasteiger partial charge in [0.1, 0.15) is 5.60 Å². The number of rotatable bonds is 5. The highest BCUT2D eigenvalue weighted by atomic mass is 16.6. The lowest BCUT2D eigenvalue weighted by molar-refractivity contribution is -0.156. The van der Waals surface area contributed by atoms with E-state index >= 15 is 0 Å². The summed E-state index contributed by atoms with van der Waals surface area (Å²) in [6.07, 6.45) is 11.3. The SMILES string of the molecule is Cn1cc(-c2ccc(-c3ccc4ncc5c(c4c3)n(C3CCC(CC(=O)OC(C)(C)C)CC3)c(=O)n5C)cn2)cn1. The van der Waals surface area contributed by atoms with Crippen LogP contribution in [0.5, 0.6) is 0 Å². The lowest BCUT2D eigenvalue weighted by Crippen LogP contribution is -2.30. The molecule has 212 valence electrons. The Labute approximate surface area is 238 Å². The molecule has 6 rings (SSSR count). The minimum absolute atomic E-state index is 0.0298. The predicted molar refractivity (Wildman–Crippen MR) is 159 cm³/mol. The number of fused-ring (bicyclic) bond motifs is 3. The fraction of sp³-hybridized carbons (Fsp3) is 0.406.